The van der Waals surface area contributed by atoms with E-state index in [1.165, 1.54) is 0 Å². The first kappa shape index (κ1) is 8.25. The number of nitrogens with zero attached hydrogens (tertiary/aromatic N) is 1. The van der Waals surface area contributed by atoms with Gasteiger partial charge in [-0.15, -0.1) is 0 Å². The third-order valence-electron chi connectivity index (χ3n) is 2.40. The molecular weight excluding hydrogens is 170 g/mol. The molecule has 0 aromatic carbocycles. The maximum atomic E-state index is 10.8. The predicted octanol–water partition coefficient (Wildman–Crippen LogP) is -0.203. The van der Waals surface area contributed by atoms with Gasteiger partial charge in [-0.05, 0) is 0 Å². The van der Waals surface area contributed by atoms with E-state index in [-0.39, 0.29) is 11.8 Å². The second-order valence-electron chi connectivity index (χ2n) is 3.18. The SMILES string of the molecule is O=C(O)C1CNCC1c1ncc[nH]1. The molecule has 5 heteroatoms. The van der Waals surface area contributed by atoms with E-state index >= 15 is 0 Å². The van der Waals surface area contributed by atoms with E-state index < -0.39 is 5.97 Å². The highest BCUT2D eigenvalue weighted by Crippen LogP contribution is 2.25. The molecule has 2 unspecified atom stereocenters. The summed E-state index contributed by atoms with van der Waals surface area (Å²) in [5.74, 6) is -0.373. The molecule has 1 aliphatic rings. The van der Waals surface area contributed by atoms with Crippen molar-refractivity contribution >= 4 is 5.97 Å². The number of H-pyrrole nitrogens is 1. The zero-order chi connectivity index (χ0) is 9.26. The highest BCUT2D eigenvalue weighted by molar-refractivity contribution is 5.72. The lowest BCUT2D eigenvalue weighted by atomic mass is 9.96. The zero-order valence-corrected chi connectivity index (χ0v) is 7.03. The van der Waals surface area contributed by atoms with E-state index in [4.69, 9.17) is 5.11 Å². The molecule has 1 saturated heterocycles. The molecular formula is C8H11N3O2. The van der Waals surface area contributed by atoms with Crippen LogP contribution in [0.4, 0.5) is 0 Å². The Bertz CT molecular complexity index is 296. The van der Waals surface area contributed by atoms with Gasteiger partial charge < -0.3 is 15.4 Å². The largest absolute Gasteiger partial charge is 0.481 e. The second-order valence-corrected chi connectivity index (χ2v) is 3.18. The van der Waals surface area contributed by atoms with Crippen LogP contribution in [0.5, 0.6) is 0 Å². The second kappa shape index (κ2) is 3.18. The van der Waals surface area contributed by atoms with Gasteiger partial charge in [-0.25, -0.2) is 4.98 Å². The Morgan fingerprint density at radius 1 is 1.62 bits per heavy atom. The maximum Gasteiger partial charge on any atom is 0.308 e. The molecule has 1 aromatic heterocycles. The van der Waals surface area contributed by atoms with Crippen LogP contribution >= 0.6 is 0 Å². The minimum absolute atomic E-state index is 0.0208. The van der Waals surface area contributed by atoms with Crippen molar-refractivity contribution in [3.63, 3.8) is 0 Å². The molecule has 0 amide bonds. The number of carboxylic acids is 1. The van der Waals surface area contributed by atoms with E-state index in [0.29, 0.717) is 13.1 Å². The minimum Gasteiger partial charge on any atom is -0.481 e. The van der Waals surface area contributed by atoms with Crippen LogP contribution in [-0.2, 0) is 4.79 Å². The van der Waals surface area contributed by atoms with Crippen LogP contribution in [-0.4, -0.2) is 34.1 Å². The highest BCUT2D eigenvalue weighted by atomic mass is 16.4. The third-order valence-corrected chi connectivity index (χ3v) is 2.40. The van der Waals surface area contributed by atoms with Crippen molar-refractivity contribution in [2.75, 3.05) is 13.1 Å². The van der Waals surface area contributed by atoms with Crippen molar-refractivity contribution in [3.05, 3.63) is 18.2 Å². The van der Waals surface area contributed by atoms with E-state index in [2.05, 4.69) is 15.3 Å². The Labute approximate surface area is 75.2 Å². The lowest BCUT2D eigenvalue weighted by Gasteiger charge is -2.10. The van der Waals surface area contributed by atoms with Crippen molar-refractivity contribution in [2.45, 2.75) is 5.92 Å². The summed E-state index contributed by atoms with van der Waals surface area (Å²) < 4.78 is 0. The molecule has 0 bridgehead atoms. The number of imidazole rings is 1. The van der Waals surface area contributed by atoms with Crippen molar-refractivity contribution < 1.29 is 9.90 Å². The fourth-order valence-electron chi connectivity index (χ4n) is 1.71. The van der Waals surface area contributed by atoms with Gasteiger partial charge in [0.1, 0.15) is 5.82 Å². The first-order valence-electron chi connectivity index (χ1n) is 4.22. The van der Waals surface area contributed by atoms with Crippen LogP contribution in [0.1, 0.15) is 11.7 Å². The summed E-state index contributed by atoms with van der Waals surface area (Å²) in [4.78, 5) is 17.8. The van der Waals surface area contributed by atoms with Crippen LogP contribution in [0, 0.1) is 5.92 Å². The number of carbonyl (C=O) groups is 1. The van der Waals surface area contributed by atoms with E-state index in [0.717, 1.165) is 5.82 Å². The van der Waals surface area contributed by atoms with E-state index in [1.807, 2.05) is 0 Å². The van der Waals surface area contributed by atoms with Gasteiger partial charge in [-0.1, -0.05) is 0 Å². The summed E-state index contributed by atoms with van der Waals surface area (Å²) in [6.45, 7) is 1.21. The quantitative estimate of drug-likeness (QED) is 0.590. The molecule has 70 valence electrons. The molecule has 0 spiro atoms. The Kier molecular flexibility index (Phi) is 2.02. The van der Waals surface area contributed by atoms with Crippen LogP contribution in [0.15, 0.2) is 12.4 Å². The molecule has 2 atom stereocenters. The Morgan fingerprint density at radius 2 is 2.46 bits per heavy atom. The van der Waals surface area contributed by atoms with Gasteiger partial charge in [-0.3, -0.25) is 4.79 Å². The van der Waals surface area contributed by atoms with Crippen molar-refractivity contribution in [3.8, 4) is 0 Å². The molecule has 0 radical (unpaired) electrons. The zero-order valence-electron chi connectivity index (χ0n) is 7.03. The molecule has 0 saturated carbocycles. The first-order valence-corrected chi connectivity index (χ1v) is 4.22. The number of hydrogen-bond donors (Lipinski definition) is 3. The van der Waals surface area contributed by atoms with Gasteiger partial charge >= 0.3 is 5.97 Å². The van der Waals surface area contributed by atoms with E-state index in [1.54, 1.807) is 12.4 Å². The number of aromatic nitrogens is 2. The first-order chi connectivity index (χ1) is 6.29. The molecule has 3 N–H and O–H groups in total. The Morgan fingerprint density at radius 3 is 3.08 bits per heavy atom. The summed E-state index contributed by atoms with van der Waals surface area (Å²) in [6, 6.07) is 0. The average Bonchev–Trinajstić information content (AvgIpc) is 2.74. The Balaban J connectivity index is 2.19. The molecule has 1 aromatic rings. The summed E-state index contributed by atoms with van der Waals surface area (Å²) in [7, 11) is 0. The highest BCUT2D eigenvalue weighted by Gasteiger charge is 2.35. The molecule has 13 heavy (non-hydrogen) atoms. The number of hydrogen-bond acceptors (Lipinski definition) is 3. The standard InChI is InChI=1S/C8H11N3O2/c12-8(13)6-4-9-3-5(6)7-10-1-2-11-7/h1-2,5-6,9H,3-4H2,(H,10,11)(H,12,13). The van der Waals surface area contributed by atoms with Crippen LogP contribution in [0.3, 0.4) is 0 Å². The number of carboxylic acid groups (broad SMARTS) is 1. The molecule has 1 fully saturated rings. The Hall–Kier alpha value is -1.36. The summed E-state index contributed by atoms with van der Waals surface area (Å²) in [5.41, 5.74) is 0. The smallest absolute Gasteiger partial charge is 0.308 e. The van der Waals surface area contributed by atoms with Gasteiger partial charge in [0.25, 0.3) is 0 Å². The fraction of sp³-hybridized carbons (Fsp3) is 0.500. The maximum absolute atomic E-state index is 10.8. The molecule has 1 aliphatic heterocycles. The lowest BCUT2D eigenvalue weighted by Crippen LogP contribution is -2.21. The van der Waals surface area contributed by atoms with Gasteiger partial charge in [0.05, 0.1) is 5.92 Å². The normalized spacial score (nSPS) is 27.7. The minimum atomic E-state index is -0.758. The lowest BCUT2D eigenvalue weighted by molar-refractivity contribution is -0.141. The monoisotopic (exact) mass is 181 g/mol. The van der Waals surface area contributed by atoms with Crippen molar-refractivity contribution in [1.29, 1.82) is 0 Å². The predicted molar refractivity (Wildman–Crippen MR) is 45.3 cm³/mol. The molecule has 2 rings (SSSR count). The number of rotatable bonds is 2. The fourth-order valence-corrected chi connectivity index (χ4v) is 1.71. The number of nitrogens with one attached hydrogen (secondary N) is 2. The summed E-state index contributed by atoms with van der Waals surface area (Å²) >= 11 is 0. The van der Waals surface area contributed by atoms with Gasteiger partial charge in [0, 0.05) is 31.4 Å². The van der Waals surface area contributed by atoms with Gasteiger partial charge in [0.2, 0.25) is 0 Å². The molecule has 0 aliphatic carbocycles. The van der Waals surface area contributed by atoms with E-state index in [9.17, 15) is 4.79 Å². The van der Waals surface area contributed by atoms with Gasteiger partial charge in [-0.2, -0.15) is 0 Å². The van der Waals surface area contributed by atoms with Crippen LogP contribution < -0.4 is 5.32 Å². The third kappa shape index (κ3) is 1.42. The molecule has 5 nitrogen and oxygen atoms in total. The van der Waals surface area contributed by atoms with Crippen molar-refractivity contribution in [2.24, 2.45) is 5.92 Å². The average molecular weight is 181 g/mol. The number of aliphatic carboxylic acids is 1. The van der Waals surface area contributed by atoms with Crippen molar-refractivity contribution in [1.82, 2.24) is 15.3 Å². The van der Waals surface area contributed by atoms with Crippen LogP contribution in [0.2, 0.25) is 0 Å². The summed E-state index contributed by atoms with van der Waals surface area (Å²) in [6.07, 6.45) is 3.36. The topological polar surface area (TPSA) is 78.0 Å². The van der Waals surface area contributed by atoms with Gasteiger partial charge in [0.15, 0.2) is 0 Å². The summed E-state index contributed by atoms with van der Waals surface area (Å²) in [5, 5.41) is 12.0. The van der Waals surface area contributed by atoms with Crippen LogP contribution in [0.25, 0.3) is 0 Å². The number of aromatic amines is 1. The molecule has 2 heterocycles.